The van der Waals surface area contributed by atoms with Gasteiger partial charge in [0.15, 0.2) is 5.79 Å². The van der Waals surface area contributed by atoms with Crippen molar-refractivity contribution in [3.63, 3.8) is 0 Å². The molecule has 0 bridgehead atoms. The third-order valence-electron chi connectivity index (χ3n) is 3.34. The molecule has 0 aliphatic heterocycles. The molecule has 0 saturated heterocycles. The van der Waals surface area contributed by atoms with E-state index < -0.39 is 5.79 Å². The highest BCUT2D eigenvalue weighted by Crippen LogP contribution is 2.29. The number of rotatable bonds is 13. The van der Waals surface area contributed by atoms with E-state index in [2.05, 4.69) is 13.8 Å². The summed E-state index contributed by atoms with van der Waals surface area (Å²) in [5.74, 6) is -0.585. The molecule has 0 aromatic carbocycles. The maximum absolute atomic E-state index is 6.00. The molecule has 3 unspecified atom stereocenters. The Morgan fingerprint density at radius 3 is 2.15 bits per heavy atom. The summed E-state index contributed by atoms with van der Waals surface area (Å²) in [5, 5.41) is 0. The van der Waals surface area contributed by atoms with Gasteiger partial charge in [-0.1, -0.05) is 13.8 Å². The van der Waals surface area contributed by atoms with Gasteiger partial charge in [0.2, 0.25) is 0 Å². The van der Waals surface area contributed by atoms with Crippen molar-refractivity contribution in [1.82, 2.24) is 0 Å². The fourth-order valence-corrected chi connectivity index (χ4v) is 2.26. The summed E-state index contributed by atoms with van der Waals surface area (Å²) in [6, 6.07) is 0. The lowest BCUT2D eigenvalue weighted by Crippen LogP contribution is -2.48. The van der Waals surface area contributed by atoms with Crippen molar-refractivity contribution in [2.45, 2.75) is 45.5 Å². The molecular weight excluding hydrogens is 260 g/mol. The lowest BCUT2D eigenvalue weighted by Gasteiger charge is -2.39. The van der Waals surface area contributed by atoms with Gasteiger partial charge in [0.05, 0.1) is 12.7 Å². The molecule has 0 spiro atoms. The summed E-state index contributed by atoms with van der Waals surface area (Å²) < 4.78 is 27.9. The summed E-state index contributed by atoms with van der Waals surface area (Å²) in [6.07, 6.45) is 1.76. The first-order valence-corrected chi connectivity index (χ1v) is 7.38. The SMILES string of the molecule is CCCOC(COC)(OCC)C(C)CC(COC)OC. The van der Waals surface area contributed by atoms with Gasteiger partial charge in [-0.25, -0.2) is 0 Å². The van der Waals surface area contributed by atoms with Crippen LogP contribution in [-0.2, 0) is 23.7 Å². The highest BCUT2D eigenvalue weighted by molar-refractivity contribution is 4.80. The summed E-state index contributed by atoms with van der Waals surface area (Å²) >= 11 is 0. The summed E-state index contributed by atoms with van der Waals surface area (Å²) in [4.78, 5) is 0. The summed E-state index contributed by atoms with van der Waals surface area (Å²) in [7, 11) is 5.04. The van der Waals surface area contributed by atoms with Crippen LogP contribution >= 0.6 is 0 Å². The standard InChI is InChI=1S/C15H32O5/c1-7-9-20-15(12-17-5,19-8-2)13(3)10-14(18-6)11-16-4/h13-14H,7-12H2,1-6H3. The zero-order valence-corrected chi connectivity index (χ0v) is 13.9. The van der Waals surface area contributed by atoms with Crippen molar-refractivity contribution < 1.29 is 23.7 Å². The fourth-order valence-electron chi connectivity index (χ4n) is 2.26. The van der Waals surface area contributed by atoms with Crippen LogP contribution < -0.4 is 0 Å². The van der Waals surface area contributed by atoms with Crippen molar-refractivity contribution in [2.24, 2.45) is 5.92 Å². The normalized spacial score (nSPS) is 17.7. The van der Waals surface area contributed by atoms with E-state index in [-0.39, 0.29) is 12.0 Å². The minimum atomic E-state index is -0.718. The van der Waals surface area contributed by atoms with Crippen molar-refractivity contribution in [2.75, 3.05) is 47.8 Å². The number of methoxy groups -OCH3 is 3. The van der Waals surface area contributed by atoms with Gasteiger partial charge in [-0.15, -0.1) is 0 Å². The minimum absolute atomic E-state index is 0.0249. The van der Waals surface area contributed by atoms with Crippen molar-refractivity contribution in [1.29, 1.82) is 0 Å². The van der Waals surface area contributed by atoms with E-state index >= 15 is 0 Å². The maximum Gasteiger partial charge on any atom is 0.194 e. The van der Waals surface area contributed by atoms with Crippen LogP contribution in [0.3, 0.4) is 0 Å². The zero-order chi connectivity index (χ0) is 15.4. The Kier molecular flexibility index (Phi) is 11.3. The Bertz CT molecular complexity index is 216. The Balaban J connectivity index is 4.85. The van der Waals surface area contributed by atoms with Gasteiger partial charge in [0.1, 0.15) is 6.61 Å². The molecule has 0 fully saturated rings. The van der Waals surface area contributed by atoms with Gasteiger partial charge in [-0.3, -0.25) is 0 Å². The van der Waals surface area contributed by atoms with E-state index in [9.17, 15) is 0 Å². The molecule has 0 amide bonds. The number of ether oxygens (including phenoxy) is 5. The molecule has 0 rings (SSSR count). The van der Waals surface area contributed by atoms with Crippen LogP contribution in [0.4, 0.5) is 0 Å². The molecule has 3 atom stereocenters. The van der Waals surface area contributed by atoms with E-state index in [1.165, 1.54) is 0 Å². The van der Waals surface area contributed by atoms with E-state index in [1.54, 1.807) is 21.3 Å². The second-order valence-electron chi connectivity index (χ2n) is 4.98. The molecule has 0 N–H and O–H groups in total. The lowest BCUT2D eigenvalue weighted by molar-refractivity contribution is -0.285. The molecule has 0 aliphatic carbocycles. The Labute approximate surface area is 123 Å². The first-order chi connectivity index (χ1) is 9.60. The molecule has 0 heterocycles. The average molecular weight is 292 g/mol. The largest absolute Gasteiger partial charge is 0.382 e. The molecular formula is C15H32O5. The second kappa shape index (κ2) is 11.5. The second-order valence-corrected chi connectivity index (χ2v) is 4.98. The van der Waals surface area contributed by atoms with Crippen molar-refractivity contribution >= 4 is 0 Å². The zero-order valence-electron chi connectivity index (χ0n) is 13.9. The third-order valence-corrected chi connectivity index (χ3v) is 3.34. The molecule has 0 radical (unpaired) electrons. The van der Waals surface area contributed by atoms with Gasteiger partial charge in [-0.2, -0.15) is 0 Å². The van der Waals surface area contributed by atoms with E-state index in [4.69, 9.17) is 23.7 Å². The monoisotopic (exact) mass is 292 g/mol. The van der Waals surface area contributed by atoms with Crippen LogP contribution in [0.5, 0.6) is 0 Å². The van der Waals surface area contributed by atoms with E-state index in [0.717, 1.165) is 12.8 Å². The summed E-state index contributed by atoms with van der Waals surface area (Å²) in [6.45, 7) is 8.35. The molecule has 0 aliphatic rings. The number of hydrogen-bond acceptors (Lipinski definition) is 5. The average Bonchev–Trinajstić information content (AvgIpc) is 2.44. The topological polar surface area (TPSA) is 46.2 Å². The van der Waals surface area contributed by atoms with Crippen LogP contribution in [-0.4, -0.2) is 59.6 Å². The smallest absolute Gasteiger partial charge is 0.194 e. The molecule has 0 aromatic heterocycles. The Morgan fingerprint density at radius 2 is 1.70 bits per heavy atom. The van der Waals surface area contributed by atoms with Gasteiger partial charge >= 0.3 is 0 Å². The third kappa shape index (κ3) is 6.50. The van der Waals surface area contributed by atoms with Crippen LogP contribution in [0.15, 0.2) is 0 Å². The van der Waals surface area contributed by atoms with Crippen LogP contribution in [0.1, 0.15) is 33.6 Å². The van der Waals surface area contributed by atoms with Gasteiger partial charge in [0.25, 0.3) is 0 Å². The molecule has 122 valence electrons. The van der Waals surface area contributed by atoms with E-state index in [0.29, 0.717) is 26.4 Å². The van der Waals surface area contributed by atoms with Gasteiger partial charge < -0.3 is 23.7 Å². The summed E-state index contributed by atoms with van der Waals surface area (Å²) in [5.41, 5.74) is 0. The Hall–Kier alpha value is -0.200. The minimum Gasteiger partial charge on any atom is -0.382 e. The number of hydrogen-bond donors (Lipinski definition) is 0. The van der Waals surface area contributed by atoms with Gasteiger partial charge in [0, 0.05) is 40.5 Å². The Morgan fingerprint density at radius 1 is 1.00 bits per heavy atom. The predicted octanol–water partition coefficient (Wildman–Crippen LogP) is 2.48. The van der Waals surface area contributed by atoms with Crippen molar-refractivity contribution in [3.05, 3.63) is 0 Å². The molecule has 5 nitrogen and oxygen atoms in total. The quantitative estimate of drug-likeness (QED) is 0.488. The highest BCUT2D eigenvalue weighted by Gasteiger charge is 2.39. The fraction of sp³-hybridized carbons (Fsp3) is 1.00. The highest BCUT2D eigenvalue weighted by atomic mass is 16.7. The first-order valence-electron chi connectivity index (χ1n) is 7.38. The van der Waals surface area contributed by atoms with Gasteiger partial charge in [-0.05, 0) is 19.8 Å². The first kappa shape index (κ1) is 19.8. The maximum atomic E-state index is 6.00. The lowest BCUT2D eigenvalue weighted by atomic mass is 9.94. The molecule has 20 heavy (non-hydrogen) atoms. The van der Waals surface area contributed by atoms with E-state index in [1.807, 2.05) is 6.92 Å². The predicted molar refractivity (Wildman–Crippen MR) is 78.9 cm³/mol. The van der Waals surface area contributed by atoms with Crippen LogP contribution in [0.25, 0.3) is 0 Å². The van der Waals surface area contributed by atoms with Crippen LogP contribution in [0.2, 0.25) is 0 Å². The molecule has 0 aromatic rings. The van der Waals surface area contributed by atoms with Crippen LogP contribution in [0, 0.1) is 5.92 Å². The molecule has 5 heteroatoms. The van der Waals surface area contributed by atoms with Crippen molar-refractivity contribution in [3.8, 4) is 0 Å². The molecule has 0 saturated carbocycles.